The molecular formula is C21H18ClN3O5S. The Bertz CT molecular complexity index is 1210. The van der Waals surface area contributed by atoms with E-state index in [1.807, 2.05) is 6.92 Å². The lowest BCUT2D eigenvalue weighted by molar-refractivity contribution is 0.0955. The number of methoxy groups -OCH3 is 1. The Balaban J connectivity index is 1.91. The van der Waals surface area contributed by atoms with E-state index >= 15 is 0 Å². The molecule has 0 aliphatic carbocycles. The maximum Gasteiger partial charge on any atom is 0.339 e. The van der Waals surface area contributed by atoms with Gasteiger partial charge in [0.15, 0.2) is 11.5 Å². The van der Waals surface area contributed by atoms with Gasteiger partial charge in [-0.3, -0.25) is 9.78 Å². The van der Waals surface area contributed by atoms with Crippen LogP contribution in [0.15, 0.2) is 70.9 Å². The molecule has 3 aromatic rings. The summed E-state index contributed by atoms with van der Waals surface area (Å²) < 4.78 is 36.1. The highest BCUT2D eigenvalue weighted by Gasteiger charge is 2.22. The monoisotopic (exact) mass is 459 g/mol. The SMILES string of the molecule is COc1cc(Cl)cc(/C=N/NC(=O)c2ccncc2)c1OS(=O)(=O)c1ccc(C)cc1. The number of aryl methyl sites for hydroxylation is 1. The Morgan fingerprint density at radius 3 is 2.45 bits per heavy atom. The summed E-state index contributed by atoms with van der Waals surface area (Å²) in [7, 11) is -2.81. The third kappa shape index (κ3) is 5.59. The van der Waals surface area contributed by atoms with Gasteiger partial charge in [0.05, 0.1) is 13.3 Å². The molecule has 1 N–H and O–H groups in total. The minimum Gasteiger partial charge on any atom is -0.493 e. The summed E-state index contributed by atoms with van der Waals surface area (Å²) in [6, 6.07) is 12.1. The number of hydrogen-bond donors (Lipinski definition) is 1. The standard InChI is InChI=1S/C21H18ClN3O5S/c1-14-3-5-18(6-4-14)31(27,28)30-20-16(11-17(22)12-19(20)29-2)13-24-25-21(26)15-7-9-23-10-8-15/h3-13H,1-2H3,(H,25,26)/b24-13+. The first-order chi connectivity index (χ1) is 14.8. The first kappa shape index (κ1) is 22.3. The van der Waals surface area contributed by atoms with Crippen LogP contribution in [-0.2, 0) is 10.1 Å². The van der Waals surface area contributed by atoms with Gasteiger partial charge in [-0.05, 0) is 37.3 Å². The molecule has 8 nitrogen and oxygen atoms in total. The Morgan fingerprint density at radius 1 is 1.13 bits per heavy atom. The summed E-state index contributed by atoms with van der Waals surface area (Å²) in [5, 5.41) is 4.14. The highest BCUT2D eigenvalue weighted by atomic mass is 35.5. The van der Waals surface area contributed by atoms with Crippen LogP contribution in [0, 0.1) is 6.92 Å². The second-order valence-corrected chi connectivity index (χ2v) is 8.29. The molecule has 3 rings (SSSR count). The second kappa shape index (κ2) is 9.59. The average molecular weight is 460 g/mol. The molecule has 2 aromatic carbocycles. The van der Waals surface area contributed by atoms with E-state index < -0.39 is 16.0 Å². The quantitative estimate of drug-likeness (QED) is 0.329. The molecule has 0 aliphatic heterocycles. The number of hydrogen-bond acceptors (Lipinski definition) is 7. The molecule has 0 radical (unpaired) electrons. The number of hydrazone groups is 1. The smallest absolute Gasteiger partial charge is 0.339 e. The number of aromatic nitrogens is 1. The van der Waals surface area contributed by atoms with Gasteiger partial charge in [0.1, 0.15) is 4.90 Å². The number of nitrogens with zero attached hydrogens (tertiary/aromatic N) is 2. The number of halogens is 1. The van der Waals surface area contributed by atoms with Crippen molar-refractivity contribution in [2.45, 2.75) is 11.8 Å². The maximum absolute atomic E-state index is 12.8. The molecule has 0 atom stereocenters. The van der Waals surface area contributed by atoms with Crippen LogP contribution in [0.2, 0.25) is 5.02 Å². The summed E-state index contributed by atoms with van der Waals surface area (Å²) in [4.78, 5) is 15.9. The fourth-order valence-electron chi connectivity index (χ4n) is 2.52. The summed E-state index contributed by atoms with van der Waals surface area (Å²) in [5.74, 6) is -0.498. The van der Waals surface area contributed by atoms with Crippen molar-refractivity contribution in [2.24, 2.45) is 5.10 Å². The van der Waals surface area contributed by atoms with Crippen molar-refractivity contribution in [3.8, 4) is 11.5 Å². The van der Waals surface area contributed by atoms with E-state index in [4.69, 9.17) is 20.5 Å². The van der Waals surface area contributed by atoms with Crippen LogP contribution in [0.5, 0.6) is 11.5 Å². The van der Waals surface area contributed by atoms with Gasteiger partial charge in [0.25, 0.3) is 5.91 Å². The molecule has 0 aliphatic rings. The van der Waals surface area contributed by atoms with Crippen LogP contribution in [0.3, 0.4) is 0 Å². The van der Waals surface area contributed by atoms with Crippen molar-refractivity contribution in [1.29, 1.82) is 0 Å². The number of amides is 1. The Kier molecular flexibility index (Phi) is 6.88. The van der Waals surface area contributed by atoms with E-state index in [1.165, 1.54) is 62.1 Å². The van der Waals surface area contributed by atoms with Crippen molar-refractivity contribution in [2.75, 3.05) is 7.11 Å². The van der Waals surface area contributed by atoms with Crippen molar-refractivity contribution in [1.82, 2.24) is 10.4 Å². The lowest BCUT2D eigenvalue weighted by Crippen LogP contribution is -2.17. The van der Waals surface area contributed by atoms with Crippen molar-refractivity contribution in [3.63, 3.8) is 0 Å². The zero-order valence-corrected chi connectivity index (χ0v) is 18.1. The van der Waals surface area contributed by atoms with Gasteiger partial charge in [0, 0.05) is 34.6 Å². The zero-order valence-electron chi connectivity index (χ0n) is 16.6. The molecule has 1 aromatic heterocycles. The predicted octanol–water partition coefficient (Wildman–Crippen LogP) is 3.58. The summed E-state index contributed by atoms with van der Waals surface area (Å²) in [5.41, 5.74) is 3.80. The van der Waals surface area contributed by atoms with Gasteiger partial charge < -0.3 is 8.92 Å². The molecule has 1 heterocycles. The molecular weight excluding hydrogens is 442 g/mol. The van der Waals surface area contributed by atoms with E-state index in [0.717, 1.165) is 5.56 Å². The van der Waals surface area contributed by atoms with Crippen molar-refractivity contribution < 1.29 is 22.1 Å². The number of carbonyl (C=O) groups excluding carboxylic acids is 1. The van der Waals surface area contributed by atoms with Crippen molar-refractivity contribution >= 4 is 33.8 Å². The molecule has 1 amide bonds. The van der Waals surface area contributed by atoms with Gasteiger partial charge in [-0.2, -0.15) is 13.5 Å². The largest absolute Gasteiger partial charge is 0.493 e. The first-order valence-electron chi connectivity index (χ1n) is 8.92. The molecule has 160 valence electrons. The first-order valence-corrected chi connectivity index (χ1v) is 10.7. The Morgan fingerprint density at radius 2 is 1.81 bits per heavy atom. The number of ether oxygens (including phenoxy) is 1. The van der Waals surface area contributed by atoms with Gasteiger partial charge in [-0.25, -0.2) is 5.43 Å². The normalized spacial score (nSPS) is 11.3. The van der Waals surface area contributed by atoms with Gasteiger partial charge >= 0.3 is 10.1 Å². The highest BCUT2D eigenvalue weighted by Crippen LogP contribution is 2.36. The van der Waals surface area contributed by atoms with Crippen LogP contribution in [0.4, 0.5) is 0 Å². The minimum absolute atomic E-state index is 0.0241. The number of nitrogens with one attached hydrogen (secondary N) is 1. The lowest BCUT2D eigenvalue weighted by atomic mass is 10.2. The molecule has 0 spiro atoms. The number of pyridine rings is 1. The van der Waals surface area contributed by atoms with Crippen LogP contribution in [0.1, 0.15) is 21.5 Å². The van der Waals surface area contributed by atoms with Crippen molar-refractivity contribution in [3.05, 3.63) is 82.6 Å². The molecule has 0 fully saturated rings. The predicted molar refractivity (Wildman–Crippen MR) is 116 cm³/mol. The number of carbonyl (C=O) groups is 1. The molecule has 10 heteroatoms. The van der Waals surface area contributed by atoms with Gasteiger partial charge in [-0.1, -0.05) is 29.3 Å². The molecule has 0 unspecified atom stereocenters. The molecule has 0 bridgehead atoms. The second-order valence-electron chi connectivity index (χ2n) is 6.31. The van der Waals surface area contributed by atoms with Crippen LogP contribution in [0.25, 0.3) is 0 Å². The third-order valence-corrected chi connectivity index (χ3v) is 5.54. The molecule has 0 saturated carbocycles. The number of rotatable bonds is 7. The number of benzene rings is 2. The van der Waals surface area contributed by atoms with E-state index in [2.05, 4.69) is 15.5 Å². The summed E-state index contributed by atoms with van der Waals surface area (Å²) in [6.45, 7) is 1.84. The minimum atomic E-state index is -4.16. The zero-order chi connectivity index (χ0) is 22.4. The third-order valence-electron chi connectivity index (χ3n) is 4.08. The lowest BCUT2D eigenvalue weighted by Gasteiger charge is -2.14. The van der Waals surface area contributed by atoms with Crippen LogP contribution < -0.4 is 14.3 Å². The van der Waals surface area contributed by atoms with E-state index in [9.17, 15) is 13.2 Å². The van der Waals surface area contributed by atoms with E-state index in [1.54, 1.807) is 12.1 Å². The molecule has 0 saturated heterocycles. The van der Waals surface area contributed by atoms with Gasteiger partial charge in [0.2, 0.25) is 0 Å². The van der Waals surface area contributed by atoms with E-state index in [0.29, 0.717) is 5.56 Å². The van der Waals surface area contributed by atoms with Crippen LogP contribution in [-0.4, -0.2) is 32.6 Å². The summed E-state index contributed by atoms with van der Waals surface area (Å²) >= 11 is 6.10. The Hall–Kier alpha value is -3.43. The average Bonchev–Trinajstić information content (AvgIpc) is 2.76. The van der Waals surface area contributed by atoms with Gasteiger partial charge in [-0.15, -0.1) is 0 Å². The Labute approximate surface area is 184 Å². The molecule has 31 heavy (non-hydrogen) atoms. The fraction of sp³-hybridized carbons (Fsp3) is 0.0952. The summed E-state index contributed by atoms with van der Waals surface area (Å²) in [6.07, 6.45) is 4.16. The fourth-order valence-corrected chi connectivity index (χ4v) is 3.70. The maximum atomic E-state index is 12.8. The van der Waals surface area contributed by atoms with Crippen LogP contribution >= 0.6 is 11.6 Å². The topological polar surface area (TPSA) is 107 Å². The van der Waals surface area contributed by atoms with E-state index in [-0.39, 0.29) is 27.0 Å². The highest BCUT2D eigenvalue weighted by molar-refractivity contribution is 7.87.